The van der Waals surface area contributed by atoms with Crippen molar-refractivity contribution in [2.45, 2.75) is 22.6 Å². The van der Waals surface area contributed by atoms with Gasteiger partial charge >= 0.3 is 0 Å². The summed E-state index contributed by atoms with van der Waals surface area (Å²) in [6.07, 6.45) is 2.03. The smallest absolute Gasteiger partial charge is 0.285 e. The van der Waals surface area contributed by atoms with Gasteiger partial charge in [-0.15, -0.1) is 4.40 Å². The van der Waals surface area contributed by atoms with E-state index in [0.717, 1.165) is 31.5 Å². The Bertz CT molecular complexity index is 604. The number of amidine groups is 1. The van der Waals surface area contributed by atoms with E-state index in [9.17, 15) is 8.42 Å². The fourth-order valence-electron chi connectivity index (χ4n) is 2.38. The Morgan fingerprint density at radius 3 is 2.61 bits per heavy atom. The van der Waals surface area contributed by atoms with E-state index < -0.39 is 10.0 Å². The maximum Gasteiger partial charge on any atom is 0.285 e. The first-order chi connectivity index (χ1) is 8.58. The fourth-order valence-corrected chi connectivity index (χ4v) is 4.01. The Morgan fingerprint density at radius 1 is 1.22 bits per heavy atom. The highest BCUT2D eigenvalue weighted by molar-refractivity contribution is 9.09. The maximum absolute atomic E-state index is 11.9. The van der Waals surface area contributed by atoms with Crippen molar-refractivity contribution in [3.05, 3.63) is 29.8 Å². The van der Waals surface area contributed by atoms with Gasteiger partial charge in [-0.3, -0.25) is 0 Å². The molecular formula is C12H13BrN2O2S. The van der Waals surface area contributed by atoms with Crippen molar-refractivity contribution in [3.63, 3.8) is 0 Å². The minimum Gasteiger partial charge on any atom is -0.355 e. The van der Waals surface area contributed by atoms with Gasteiger partial charge in [0.15, 0.2) is 5.84 Å². The Morgan fingerprint density at radius 2 is 1.89 bits per heavy atom. The molecule has 0 N–H and O–H groups in total. The molecule has 2 aliphatic heterocycles. The van der Waals surface area contributed by atoms with Crippen LogP contribution < -0.4 is 0 Å². The Kier molecular flexibility index (Phi) is 2.94. The zero-order valence-electron chi connectivity index (χ0n) is 9.71. The molecule has 1 aromatic carbocycles. The molecule has 18 heavy (non-hydrogen) atoms. The molecule has 1 saturated heterocycles. The lowest BCUT2D eigenvalue weighted by atomic mass is 10.1. The number of piperidine rings is 1. The molecule has 0 unspecified atom stereocenters. The molecule has 0 aromatic heterocycles. The molecule has 0 radical (unpaired) electrons. The van der Waals surface area contributed by atoms with E-state index in [2.05, 4.69) is 25.2 Å². The summed E-state index contributed by atoms with van der Waals surface area (Å²) in [7, 11) is -3.48. The number of likely N-dealkylation sites (tertiary alicyclic amines) is 1. The molecule has 2 heterocycles. The highest BCUT2D eigenvalue weighted by Gasteiger charge is 2.32. The van der Waals surface area contributed by atoms with Gasteiger partial charge in [-0.1, -0.05) is 28.1 Å². The molecule has 0 saturated carbocycles. The van der Waals surface area contributed by atoms with Gasteiger partial charge in [0.05, 0.1) is 0 Å². The monoisotopic (exact) mass is 328 g/mol. The van der Waals surface area contributed by atoms with Gasteiger partial charge in [-0.2, -0.15) is 8.42 Å². The van der Waals surface area contributed by atoms with E-state index in [-0.39, 0.29) is 0 Å². The van der Waals surface area contributed by atoms with Crippen molar-refractivity contribution in [2.75, 3.05) is 13.1 Å². The van der Waals surface area contributed by atoms with Gasteiger partial charge in [0.25, 0.3) is 10.0 Å². The van der Waals surface area contributed by atoms with Crippen LogP contribution >= 0.6 is 15.9 Å². The molecule has 2 aliphatic rings. The van der Waals surface area contributed by atoms with Crippen LogP contribution in [0.15, 0.2) is 33.6 Å². The summed E-state index contributed by atoms with van der Waals surface area (Å²) >= 11 is 3.59. The summed E-state index contributed by atoms with van der Waals surface area (Å²) in [4.78, 5) is 2.93. The minimum absolute atomic E-state index is 0.334. The zero-order valence-corrected chi connectivity index (χ0v) is 12.1. The molecule has 0 atom stereocenters. The molecule has 1 aromatic rings. The second-order valence-corrected chi connectivity index (χ2v) is 7.42. The van der Waals surface area contributed by atoms with Crippen molar-refractivity contribution in [1.29, 1.82) is 0 Å². The normalized spacial score (nSPS) is 22.7. The third kappa shape index (κ3) is 1.97. The first kappa shape index (κ1) is 12.2. The van der Waals surface area contributed by atoms with Crippen molar-refractivity contribution >= 4 is 31.8 Å². The summed E-state index contributed by atoms with van der Waals surface area (Å²) in [6.45, 7) is 1.69. The molecule has 3 rings (SSSR count). The number of sulfonamides is 1. The second kappa shape index (κ2) is 4.35. The van der Waals surface area contributed by atoms with E-state index in [0.29, 0.717) is 15.6 Å². The molecule has 4 nitrogen and oxygen atoms in total. The van der Waals surface area contributed by atoms with E-state index in [1.807, 2.05) is 12.1 Å². The molecule has 0 spiro atoms. The number of alkyl halides is 1. The Balaban J connectivity index is 1.99. The van der Waals surface area contributed by atoms with Crippen LogP contribution in [0.25, 0.3) is 0 Å². The summed E-state index contributed by atoms with van der Waals surface area (Å²) in [5, 5.41) is 0. The Hall–Kier alpha value is -0.880. The zero-order chi connectivity index (χ0) is 12.8. The summed E-state index contributed by atoms with van der Waals surface area (Å²) in [6, 6.07) is 7.04. The van der Waals surface area contributed by atoms with Gasteiger partial charge in [-0.05, 0) is 25.0 Å². The summed E-state index contributed by atoms with van der Waals surface area (Å²) in [5.41, 5.74) is 0.741. The van der Waals surface area contributed by atoms with Crippen molar-refractivity contribution in [3.8, 4) is 0 Å². The van der Waals surface area contributed by atoms with Crippen molar-refractivity contribution in [2.24, 2.45) is 4.40 Å². The standard InChI is InChI=1S/C12H13BrN2O2S/c13-9-5-7-15(8-6-9)12-10-3-1-2-4-11(10)18(16,17)14-12/h1-4,9H,5-8H2. The van der Waals surface area contributed by atoms with E-state index in [4.69, 9.17) is 0 Å². The highest BCUT2D eigenvalue weighted by Crippen LogP contribution is 2.29. The SMILES string of the molecule is O=S1(=O)N=C(N2CCC(Br)CC2)c2ccccc21. The van der Waals surface area contributed by atoms with Crippen molar-refractivity contribution in [1.82, 2.24) is 4.90 Å². The summed E-state index contributed by atoms with van der Waals surface area (Å²) in [5.74, 6) is 0.616. The van der Waals surface area contributed by atoms with Crippen LogP contribution in [0.1, 0.15) is 18.4 Å². The van der Waals surface area contributed by atoms with Crippen LogP contribution in [0.4, 0.5) is 0 Å². The van der Waals surface area contributed by atoms with E-state index in [1.165, 1.54) is 0 Å². The van der Waals surface area contributed by atoms with Crippen LogP contribution in [0.5, 0.6) is 0 Å². The summed E-state index contributed by atoms with van der Waals surface area (Å²) < 4.78 is 27.8. The van der Waals surface area contributed by atoms with Gasteiger partial charge in [-0.25, -0.2) is 0 Å². The first-order valence-corrected chi connectivity index (χ1v) is 8.27. The lowest BCUT2D eigenvalue weighted by molar-refractivity contribution is 0.352. The average molecular weight is 329 g/mol. The van der Waals surface area contributed by atoms with E-state index >= 15 is 0 Å². The maximum atomic E-state index is 11.9. The number of rotatable bonds is 0. The number of fused-ring (bicyclic) bond motifs is 1. The van der Waals surface area contributed by atoms with Crippen LogP contribution in [0.2, 0.25) is 0 Å². The molecule has 6 heteroatoms. The second-order valence-electron chi connectivity index (χ2n) is 4.55. The predicted molar refractivity (Wildman–Crippen MR) is 73.7 cm³/mol. The molecule has 0 bridgehead atoms. The number of hydrogen-bond donors (Lipinski definition) is 0. The highest BCUT2D eigenvalue weighted by atomic mass is 79.9. The predicted octanol–water partition coefficient (Wildman–Crippen LogP) is 1.99. The van der Waals surface area contributed by atoms with Crippen molar-refractivity contribution < 1.29 is 8.42 Å². The quantitative estimate of drug-likeness (QED) is 0.684. The van der Waals surface area contributed by atoms with Crippen LogP contribution in [0, 0.1) is 0 Å². The molecule has 0 aliphatic carbocycles. The number of halogens is 1. The first-order valence-electron chi connectivity index (χ1n) is 5.91. The fraction of sp³-hybridized carbons (Fsp3) is 0.417. The number of hydrogen-bond acceptors (Lipinski definition) is 3. The lowest BCUT2D eigenvalue weighted by Gasteiger charge is -2.30. The van der Waals surface area contributed by atoms with Crippen LogP contribution in [-0.4, -0.2) is 37.1 Å². The van der Waals surface area contributed by atoms with E-state index in [1.54, 1.807) is 12.1 Å². The van der Waals surface area contributed by atoms with Gasteiger partial charge in [0, 0.05) is 23.5 Å². The topological polar surface area (TPSA) is 49.7 Å². The number of benzene rings is 1. The van der Waals surface area contributed by atoms with Gasteiger partial charge < -0.3 is 4.90 Å². The molecule has 0 amide bonds. The van der Waals surface area contributed by atoms with Crippen LogP contribution in [-0.2, 0) is 10.0 Å². The third-order valence-corrected chi connectivity index (χ3v) is 5.58. The molecule has 96 valence electrons. The minimum atomic E-state index is -3.48. The lowest BCUT2D eigenvalue weighted by Crippen LogP contribution is -2.38. The third-order valence-electron chi connectivity index (χ3n) is 3.34. The van der Waals surface area contributed by atoms with Gasteiger partial charge in [0.2, 0.25) is 0 Å². The molecule has 1 fully saturated rings. The Labute approximate surface area is 115 Å². The number of nitrogens with zero attached hydrogens (tertiary/aromatic N) is 2. The average Bonchev–Trinajstić information content (AvgIpc) is 2.63. The molecular weight excluding hydrogens is 316 g/mol. The van der Waals surface area contributed by atoms with Gasteiger partial charge in [0.1, 0.15) is 4.90 Å². The largest absolute Gasteiger partial charge is 0.355 e. The van der Waals surface area contributed by atoms with Crippen LogP contribution in [0.3, 0.4) is 0 Å².